The molecule has 3 amide bonds. The minimum Gasteiger partial charge on any atom is -0.493 e. The number of alkyl halides is 2. The van der Waals surface area contributed by atoms with Crippen molar-refractivity contribution in [3.05, 3.63) is 29.3 Å². The second-order valence-corrected chi connectivity index (χ2v) is 6.65. The predicted molar refractivity (Wildman–Crippen MR) is 89.2 cm³/mol. The molecule has 27 heavy (non-hydrogen) atoms. The van der Waals surface area contributed by atoms with Crippen LogP contribution in [0.25, 0.3) is 0 Å². The Kier molecular flexibility index (Phi) is 5.41. The number of nitrogens with zero attached hydrogens (tertiary/aromatic N) is 1. The summed E-state index contributed by atoms with van der Waals surface area (Å²) >= 11 is 0. The number of carbonyl (C=O) groups excluding carboxylic acids is 3. The highest BCUT2D eigenvalue weighted by atomic mass is 19.3. The minimum atomic E-state index is -3.00. The lowest BCUT2D eigenvalue weighted by molar-refractivity contribution is -0.136. The number of piperidine rings is 1. The van der Waals surface area contributed by atoms with Crippen LogP contribution in [0, 0.1) is 0 Å². The lowest BCUT2D eigenvalue weighted by Crippen LogP contribution is -2.52. The van der Waals surface area contributed by atoms with Gasteiger partial charge in [0, 0.05) is 38.0 Å². The number of hydrogen-bond acceptors (Lipinski definition) is 5. The smallest absolute Gasteiger partial charge is 0.255 e. The zero-order valence-corrected chi connectivity index (χ0v) is 14.5. The number of aliphatic hydroxyl groups excluding tert-OH is 1. The first-order valence-electron chi connectivity index (χ1n) is 8.70. The third-order valence-electron chi connectivity index (χ3n) is 4.71. The maximum Gasteiger partial charge on any atom is 0.255 e. The number of fused-ring (bicyclic) bond motifs is 1. The summed E-state index contributed by atoms with van der Waals surface area (Å²) in [5.74, 6) is -3.79. The molecule has 0 spiro atoms. The Hall–Kier alpha value is -2.55. The van der Waals surface area contributed by atoms with Crippen LogP contribution < -0.4 is 10.1 Å². The highest BCUT2D eigenvalue weighted by Gasteiger charge is 2.39. The van der Waals surface area contributed by atoms with Crippen molar-refractivity contribution >= 4 is 17.7 Å². The van der Waals surface area contributed by atoms with Crippen LogP contribution >= 0.6 is 0 Å². The zero-order chi connectivity index (χ0) is 19.6. The van der Waals surface area contributed by atoms with Crippen LogP contribution in [0.4, 0.5) is 8.78 Å². The fourth-order valence-electron chi connectivity index (χ4n) is 3.25. The third-order valence-corrected chi connectivity index (χ3v) is 4.71. The van der Waals surface area contributed by atoms with Gasteiger partial charge in [0.1, 0.15) is 11.8 Å². The first-order valence-corrected chi connectivity index (χ1v) is 8.70. The Bertz CT molecular complexity index is 768. The van der Waals surface area contributed by atoms with Crippen LogP contribution in [0.5, 0.6) is 5.75 Å². The maximum atomic E-state index is 13.4. The molecule has 0 aliphatic carbocycles. The van der Waals surface area contributed by atoms with E-state index < -0.39 is 37.3 Å². The Morgan fingerprint density at radius 1 is 1.26 bits per heavy atom. The summed E-state index contributed by atoms with van der Waals surface area (Å²) in [6.07, 6.45) is -0.692. The van der Waals surface area contributed by atoms with Gasteiger partial charge in [0.15, 0.2) is 0 Å². The summed E-state index contributed by atoms with van der Waals surface area (Å²) in [5.41, 5.74) is 1.07. The fraction of sp³-hybridized carbons (Fsp3) is 0.500. The number of hydrogen-bond donors (Lipinski definition) is 2. The van der Waals surface area contributed by atoms with Crippen molar-refractivity contribution in [3.63, 3.8) is 0 Å². The highest BCUT2D eigenvalue weighted by Crippen LogP contribution is 2.30. The van der Waals surface area contributed by atoms with Gasteiger partial charge >= 0.3 is 0 Å². The number of ether oxygens (including phenoxy) is 1. The summed E-state index contributed by atoms with van der Waals surface area (Å²) < 4.78 is 32.1. The number of aliphatic hydroxyl groups is 1. The van der Waals surface area contributed by atoms with E-state index in [1.54, 1.807) is 12.1 Å². The number of halogens is 2. The van der Waals surface area contributed by atoms with Crippen molar-refractivity contribution in [1.29, 1.82) is 0 Å². The molecule has 2 aliphatic heterocycles. The van der Waals surface area contributed by atoms with Crippen molar-refractivity contribution in [3.8, 4) is 5.75 Å². The van der Waals surface area contributed by atoms with Gasteiger partial charge in [0.25, 0.3) is 11.8 Å². The van der Waals surface area contributed by atoms with Crippen molar-refractivity contribution < 1.29 is 33.0 Å². The van der Waals surface area contributed by atoms with Gasteiger partial charge in [-0.15, -0.1) is 0 Å². The number of imide groups is 1. The van der Waals surface area contributed by atoms with Crippen LogP contribution in [-0.4, -0.2) is 52.9 Å². The van der Waals surface area contributed by atoms with E-state index >= 15 is 0 Å². The maximum absolute atomic E-state index is 13.4. The van der Waals surface area contributed by atoms with Gasteiger partial charge in [-0.25, -0.2) is 8.78 Å². The lowest BCUT2D eigenvalue weighted by Gasteiger charge is -2.29. The molecule has 1 unspecified atom stereocenters. The fourth-order valence-corrected chi connectivity index (χ4v) is 3.25. The largest absolute Gasteiger partial charge is 0.493 e. The number of nitrogens with one attached hydrogen (secondary N) is 1. The quantitative estimate of drug-likeness (QED) is 0.692. The van der Waals surface area contributed by atoms with Gasteiger partial charge in [-0.2, -0.15) is 0 Å². The second kappa shape index (κ2) is 7.59. The van der Waals surface area contributed by atoms with Crippen LogP contribution in [0.1, 0.15) is 41.6 Å². The van der Waals surface area contributed by atoms with Gasteiger partial charge in [-0.3, -0.25) is 19.7 Å². The molecule has 1 saturated heterocycles. The summed E-state index contributed by atoms with van der Waals surface area (Å²) in [7, 11) is 0. The van der Waals surface area contributed by atoms with Crippen molar-refractivity contribution in [1.82, 2.24) is 10.2 Å². The van der Waals surface area contributed by atoms with Gasteiger partial charge < -0.3 is 14.7 Å². The number of rotatable bonds is 7. The standard InChI is InChI=1S/C18H20F2N2O5/c19-18(20,5-7-23)6-8-27-12-1-2-13-11(9-12)10-22(17(13)26)14-3-4-15(24)21-16(14)25/h1-2,9,14,23H,3-8,10H2,(H,21,24,25). The topological polar surface area (TPSA) is 95.9 Å². The van der Waals surface area contributed by atoms with Crippen molar-refractivity contribution in [2.24, 2.45) is 0 Å². The molecule has 7 nitrogen and oxygen atoms in total. The number of amides is 3. The normalized spacial score (nSPS) is 19.9. The summed E-state index contributed by atoms with van der Waals surface area (Å²) in [6.45, 7) is -0.626. The monoisotopic (exact) mass is 382 g/mol. The molecule has 0 saturated carbocycles. The molecule has 2 aliphatic rings. The van der Waals surface area contributed by atoms with E-state index in [4.69, 9.17) is 9.84 Å². The Morgan fingerprint density at radius 2 is 2.04 bits per heavy atom. The van der Waals surface area contributed by atoms with Gasteiger partial charge in [-0.05, 0) is 30.2 Å². The van der Waals surface area contributed by atoms with Gasteiger partial charge in [0.2, 0.25) is 11.8 Å². The molecule has 1 aromatic rings. The van der Waals surface area contributed by atoms with E-state index in [2.05, 4.69) is 5.32 Å². The van der Waals surface area contributed by atoms with Crippen molar-refractivity contribution in [2.75, 3.05) is 13.2 Å². The molecule has 0 bridgehead atoms. The van der Waals surface area contributed by atoms with E-state index in [1.807, 2.05) is 0 Å². The Morgan fingerprint density at radius 3 is 2.74 bits per heavy atom. The number of carbonyl (C=O) groups is 3. The molecule has 1 atom stereocenters. The summed E-state index contributed by atoms with van der Waals surface area (Å²) in [6, 6.07) is 3.97. The predicted octanol–water partition coefficient (Wildman–Crippen LogP) is 1.23. The van der Waals surface area contributed by atoms with Crippen LogP contribution in [-0.2, 0) is 16.1 Å². The molecule has 3 rings (SSSR count). The average molecular weight is 382 g/mol. The van der Waals surface area contributed by atoms with E-state index in [-0.39, 0.29) is 37.8 Å². The first kappa shape index (κ1) is 19.2. The Balaban J connectivity index is 1.63. The molecule has 2 heterocycles. The van der Waals surface area contributed by atoms with Gasteiger partial charge in [-0.1, -0.05) is 0 Å². The molecule has 2 N–H and O–H groups in total. The molecule has 0 radical (unpaired) electrons. The molecule has 1 aromatic carbocycles. The number of benzene rings is 1. The molecular formula is C18H20F2N2O5. The molecule has 0 aromatic heterocycles. The highest BCUT2D eigenvalue weighted by molar-refractivity contribution is 6.05. The first-order chi connectivity index (χ1) is 12.8. The van der Waals surface area contributed by atoms with Gasteiger partial charge in [0.05, 0.1) is 6.61 Å². The molecule has 9 heteroatoms. The summed E-state index contributed by atoms with van der Waals surface area (Å²) in [5, 5.41) is 10.8. The molecule has 1 fully saturated rings. The zero-order valence-electron chi connectivity index (χ0n) is 14.5. The molecule has 146 valence electrons. The van der Waals surface area contributed by atoms with Crippen LogP contribution in [0.2, 0.25) is 0 Å². The minimum absolute atomic E-state index is 0.174. The van der Waals surface area contributed by atoms with E-state index in [9.17, 15) is 23.2 Å². The average Bonchev–Trinajstić information content (AvgIpc) is 2.91. The molecular weight excluding hydrogens is 362 g/mol. The van der Waals surface area contributed by atoms with E-state index in [1.165, 1.54) is 11.0 Å². The Labute approximate surface area is 154 Å². The van der Waals surface area contributed by atoms with E-state index in [0.29, 0.717) is 16.9 Å². The second-order valence-electron chi connectivity index (χ2n) is 6.65. The van der Waals surface area contributed by atoms with Crippen molar-refractivity contribution in [2.45, 2.75) is 44.2 Å². The SMILES string of the molecule is O=C1CCC(N2Cc3cc(OCCC(F)(F)CCO)ccc3C2=O)C(=O)N1. The van der Waals surface area contributed by atoms with Crippen LogP contribution in [0.15, 0.2) is 18.2 Å². The third kappa shape index (κ3) is 4.24. The lowest BCUT2D eigenvalue weighted by atomic mass is 10.0. The summed E-state index contributed by atoms with van der Waals surface area (Å²) in [4.78, 5) is 37.2. The van der Waals surface area contributed by atoms with Crippen LogP contribution in [0.3, 0.4) is 0 Å². The van der Waals surface area contributed by atoms with E-state index in [0.717, 1.165) is 0 Å².